The first-order valence-electron chi connectivity index (χ1n) is 2.27. The molecular weight excluding hydrogens is 155 g/mol. The predicted octanol–water partition coefficient (Wildman–Crippen LogP) is -0.607. The van der Waals surface area contributed by atoms with E-state index >= 15 is 0 Å². The van der Waals surface area contributed by atoms with E-state index in [-0.39, 0.29) is 0 Å². The molecule has 2 atom stereocenters. The third-order valence-electron chi connectivity index (χ3n) is 0.477. The molecule has 0 amide bonds. The van der Waals surface area contributed by atoms with Gasteiger partial charge in [-0.05, 0) is 0 Å². The van der Waals surface area contributed by atoms with Gasteiger partial charge >= 0.3 is 51.7 Å². The Balaban J connectivity index is 2.68. The van der Waals surface area contributed by atoms with Gasteiger partial charge in [0.1, 0.15) is 0 Å². The van der Waals surface area contributed by atoms with E-state index in [1.54, 1.807) is 23.8 Å². The second-order valence-electron chi connectivity index (χ2n) is 1.26. The number of rotatable bonds is 3. The zero-order chi connectivity index (χ0) is 5.70. The van der Waals surface area contributed by atoms with Crippen molar-refractivity contribution in [1.82, 2.24) is 0 Å². The summed E-state index contributed by atoms with van der Waals surface area (Å²) >= 11 is 1.62. The molecule has 0 aliphatic rings. The first kappa shape index (κ1) is 7.48. The Labute approximate surface area is 52.4 Å². The van der Waals surface area contributed by atoms with E-state index in [0.29, 0.717) is 6.61 Å². The van der Waals surface area contributed by atoms with Crippen molar-refractivity contribution in [1.29, 1.82) is 0 Å². The average molecular weight is 166 g/mol. The van der Waals surface area contributed by atoms with Crippen molar-refractivity contribution >= 4 is 16.9 Å². The Hall–Kier alpha value is 0.478. The Morgan fingerprint density at radius 2 is 2.43 bits per heavy atom. The van der Waals surface area contributed by atoms with Crippen LogP contribution in [0.5, 0.6) is 0 Å². The molecule has 44 valence electrons. The van der Waals surface area contributed by atoms with E-state index in [1.807, 2.05) is 0 Å². The molecule has 0 bridgehead atoms. The SMILES string of the molecule is CC(O)OCC[AsH2]. The van der Waals surface area contributed by atoms with Gasteiger partial charge in [-0.1, -0.05) is 0 Å². The van der Waals surface area contributed by atoms with Crippen molar-refractivity contribution in [3.05, 3.63) is 0 Å². The molecular formula is C4H11AsO2. The van der Waals surface area contributed by atoms with E-state index in [0.717, 1.165) is 5.21 Å². The molecule has 3 heteroatoms. The summed E-state index contributed by atoms with van der Waals surface area (Å²) in [5.74, 6) is 0. The molecule has 0 aromatic carbocycles. The fourth-order valence-corrected chi connectivity index (χ4v) is 0.524. The van der Waals surface area contributed by atoms with Gasteiger partial charge in [0, 0.05) is 0 Å². The summed E-state index contributed by atoms with van der Waals surface area (Å²) in [5.41, 5.74) is 0. The van der Waals surface area contributed by atoms with Crippen LogP contribution in [0.25, 0.3) is 0 Å². The number of aliphatic hydroxyl groups is 1. The number of aliphatic hydroxyl groups excluding tert-OH is 1. The van der Waals surface area contributed by atoms with Crippen molar-refractivity contribution in [2.45, 2.75) is 18.4 Å². The van der Waals surface area contributed by atoms with Crippen LogP contribution >= 0.6 is 0 Å². The average Bonchev–Trinajstić information content (AvgIpc) is 1.61. The molecule has 0 fully saturated rings. The molecule has 7 heavy (non-hydrogen) atoms. The molecule has 2 unspecified atom stereocenters. The van der Waals surface area contributed by atoms with Gasteiger partial charge in [0.2, 0.25) is 0 Å². The molecule has 2 nitrogen and oxygen atoms in total. The summed E-state index contributed by atoms with van der Waals surface area (Å²) in [7, 11) is 0. The zero-order valence-electron chi connectivity index (χ0n) is 4.42. The third-order valence-corrected chi connectivity index (χ3v) is 0.971. The first-order valence-corrected chi connectivity index (χ1v) is 3.98. The normalized spacial score (nSPS) is 14.1. The molecule has 0 heterocycles. The van der Waals surface area contributed by atoms with Gasteiger partial charge in [-0.15, -0.1) is 0 Å². The maximum atomic E-state index is 8.47. The second kappa shape index (κ2) is 4.63. The quantitative estimate of drug-likeness (QED) is 0.447. The predicted molar refractivity (Wildman–Crippen MR) is 31.0 cm³/mol. The van der Waals surface area contributed by atoms with E-state index in [4.69, 9.17) is 9.84 Å². The summed E-state index contributed by atoms with van der Waals surface area (Å²) < 4.78 is 4.76. The standard InChI is InChI=1S/C4H11AsO2/c1-4(6)7-3-2-5/h4,6H,2-3,5H2,1H3. The monoisotopic (exact) mass is 166 g/mol. The van der Waals surface area contributed by atoms with Gasteiger partial charge in [-0.25, -0.2) is 0 Å². The van der Waals surface area contributed by atoms with Gasteiger partial charge in [0.15, 0.2) is 0 Å². The fraction of sp³-hybridized carbons (Fsp3) is 1.00. The number of hydrogen-bond acceptors (Lipinski definition) is 2. The Morgan fingerprint density at radius 3 is 2.57 bits per heavy atom. The molecule has 0 saturated carbocycles. The molecule has 0 aromatic heterocycles. The summed E-state index contributed by atoms with van der Waals surface area (Å²) in [4.78, 5) is 0. The topological polar surface area (TPSA) is 29.5 Å². The van der Waals surface area contributed by atoms with Crippen LogP contribution in [0, 0.1) is 0 Å². The third kappa shape index (κ3) is 6.48. The molecule has 0 aliphatic carbocycles. The van der Waals surface area contributed by atoms with Gasteiger partial charge in [0.25, 0.3) is 0 Å². The zero-order valence-corrected chi connectivity index (χ0v) is 6.85. The van der Waals surface area contributed by atoms with Crippen LogP contribution in [0.15, 0.2) is 0 Å². The number of hydrogen-bond donors (Lipinski definition) is 1. The minimum absolute atomic E-state index is 0.587. The molecule has 0 radical (unpaired) electrons. The molecule has 0 aromatic rings. The number of ether oxygens (including phenoxy) is 1. The van der Waals surface area contributed by atoms with Crippen molar-refractivity contribution in [2.75, 3.05) is 6.61 Å². The molecule has 1 N–H and O–H groups in total. The molecule has 0 spiro atoms. The summed E-state index contributed by atoms with van der Waals surface area (Å²) in [6.45, 7) is 2.29. The molecule has 0 saturated heterocycles. The van der Waals surface area contributed by atoms with Gasteiger partial charge < -0.3 is 0 Å². The van der Waals surface area contributed by atoms with Crippen LogP contribution in [-0.4, -0.2) is 34.9 Å². The van der Waals surface area contributed by atoms with E-state index < -0.39 is 6.29 Å². The van der Waals surface area contributed by atoms with Crippen molar-refractivity contribution < 1.29 is 9.84 Å². The van der Waals surface area contributed by atoms with Crippen LogP contribution in [0.2, 0.25) is 5.21 Å². The fourth-order valence-electron chi connectivity index (χ4n) is 0.239. The Kier molecular flexibility index (Phi) is 4.95. The molecule has 0 aliphatic heterocycles. The molecule has 0 rings (SSSR count). The van der Waals surface area contributed by atoms with Gasteiger partial charge in [0.05, 0.1) is 0 Å². The maximum absolute atomic E-state index is 8.47. The van der Waals surface area contributed by atoms with Gasteiger partial charge in [-0.3, -0.25) is 0 Å². The van der Waals surface area contributed by atoms with Crippen molar-refractivity contribution in [2.24, 2.45) is 0 Å². The summed E-state index contributed by atoms with van der Waals surface area (Å²) in [6.07, 6.45) is -0.587. The Bertz CT molecular complexity index is 38.7. The minimum atomic E-state index is -0.587. The van der Waals surface area contributed by atoms with Crippen LogP contribution in [0.3, 0.4) is 0 Å². The first-order chi connectivity index (χ1) is 3.27. The summed E-state index contributed by atoms with van der Waals surface area (Å²) in [5, 5.41) is 9.49. The second-order valence-corrected chi connectivity index (χ2v) is 2.47. The van der Waals surface area contributed by atoms with E-state index in [2.05, 4.69) is 0 Å². The Morgan fingerprint density at radius 1 is 1.86 bits per heavy atom. The summed E-state index contributed by atoms with van der Waals surface area (Å²) in [6, 6.07) is 0. The van der Waals surface area contributed by atoms with Crippen LogP contribution in [0.1, 0.15) is 6.92 Å². The van der Waals surface area contributed by atoms with Crippen molar-refractivity contribution in [3.8, 4) is 0 Å². The van der Waals surface area contributed by atoms with Crippen LogP contribution in [0.4, 0.5) is 0 Å². The van der Waals surface area contributed by atoms with E-state index in [1.165, 1.54) is 0 Å². The van der Waals surface area contributed by atoms with Crippen LogP contribution in [-0.2, 0) is 4.74 Å². The van der Waals surface area contributed by atoms with Crippen molar-refractivity contribution in [3.63, 3.8) is 0 Å². The van der Waals surface area contributed by atoms with Crippen LogP contribution < -0.4 is 0 Å². The van der Waals surface area contributed by atoms with E-state index in [9.17, 15) is 0 Å². The van der Waals surface area contributed by atoms with Gasteiger partial charge in [-0.2, -0.15) is 0 Å².